The fourth-order valence-corrected chi connectivity index (χ4v) is 4.41. The Hall–Kier alpha value is -2.30. The van der Waals surface area contributed by atoms with E-state index in [0.29, 0.717) is 5.56 Å². The van der Waals surface area contributed by atoms with Crippen LogP contribution in [0.4, 0.5) is 4.39 Å². The first-order valence-corrected chi connectivity index (χ1v) is 9.28. The summed E-state index contributed by atoms with van der Waals surface area (Å²) in [4.78, 5) is 14.7. The Morgan fingerprint density at radius 3 is 2.62 bits per heavy atom. The van der Waals surface area contributed by atoms with E-state index in [2.05, 4.69) is 4.98 Å². The maximum absolute atomic E-state index is 13.2. The number of carboxylic acids is 1. The van der Waals surface area contributed by atoms with E-state index in [4.69, 9.17) is 9.84 Å². The second-order valence-corrected chi connectivity index (χ2v) is 7.99. The van der Waals surface area contributed by atoms with Crippen LogP contribution in [0.3, 0.4) is 0 Å². The van der Waals surface area contributed by atoms with Gasteiger partial charge < -0.3 is 14.4 Å². The minimum atomic E-state index is -3.84. The zero-order valence-electron chi connectivity index (χ0n) is 13.9. The molecule has 1 aliphatic heterocycles. The van der Waals surface area contributed by atoms with E-state index in [1.165, 1.54) is 33.5 Å². The summed E-state index contributed by atoms with van der Waals surface area (Å²) >= 11 is 0. The molecule has 2 heterocycles. The van der Waals surface area contributed by atoms with Crippen LogP contribution in [0, 0.1) is 5.82 Å². The van der Waals surface area contributed by atoms with E-state index < -0.39 is 40.4 Å². The van der Waals surface area contributed by atoms with Gasteiger partial charge in [-0.1, -0.05) is 12.1 Å². The van der Waals surface area contributed by atoms with Gasteiger partial charge in [-0.3, -0.25) is 0 Å². The van der Waals surface area contributed by atoms with Crippen molar-refractivity contribution in [2.24, 2.45) is 7.05 Å². The van der Waals surface area contributed by atoms with Crippen LogP contribution < -0.4 is 0 Å². The van der Waals surface area contributed by atoms with Crippen molar-refractivity contribution in [3.05, 3.63) is 48.2 Å². The molecule has 1 fully saturated rings. The second-order valence-electron chi connectivity index (χ2n) is 6.10. The summed E-state index contributed by atoms with van der Waals surface area (Å²) in [5, 5.41) is 8.77. The number of nitrogens with zero attached hydrogens (tertiary/aromatic N) is 3. The van der Waals surface area contributed by atoms with E-state index >= 15 is 0 Å². The summed E-state index contributed by atoms with van der Waals surface area (Å²) in [6.45, 7) is -0.455. The Kier molecular flexibility index (Phi) is 5.08. The van der Waals surface area contributed by atoms with E-state index in [1.807, 2.05) is 0 Å². The molecule has 3 rings (SSSR count). The number of hydrogen-bond donors (Lipinski definition) is 1. The van der Waals surface area contributed by atoms with Crippen molar-refractivity contribution in [1.82, 2.24) is 13.9 Å². The minimum absolute atomic E-state index is 0.00572. The number of aliphatic carboxylic acids is 1. The van der Waals surface area contributed by atoms with Gasteiger partial charge in [-0.05, 0) is 17.7 Å². The predicted molar refractivity (Wildman–Crippen MR) is 88.5 cm³/mol. The predicted octanol–water partition coefficient (Wildman–Crippen LogP) is 0.817. The van der Waals surface area contributed by atoms with Gasteiger partial charge in [-0.2, -0.15) is 4.31 Å². The highest BCUT2D eigenvalue weighted by atomic mass is 32.2. The minimum Gasteiger partial charge on any atom is -0.480 e. The van der Waals surface area contributed by atoms with E-state index in [1.54, 1.807) is 19.2 Å². The third kappa shape index (κ3) is 3.76. The Morgan fingerprint density at radius 2 is 2.04 bits per heavy atom. The third-order valence-electron chi connectivity index (χ3n) is 4.24. The molecule has 0 bridgehead atoms. The van der Waals surface area contributed by atoms with E-state index in [0.717, 1.165) is 0 Å². The average molecular weight is 383 g/mol. The summed E-state index contributed by atoms with van der Waals surface area (Å²) < 4.78 is 46.9. The number of aromatic nitrogens is 2. The monoisotopic (exact) mass is 383 g/mol. The molecule has 1 aromatic heterocycles. The maximum atomic E-state index is 13.2. The molecule has 26 heavy (non-hydrogen) atoms. The number of sulfonamides is 1. The fourth-order valence-electron chi connectivity index (χ4n) is 2.97. The molecule has 2 atom stereocenters. The lowest BCUT2D eigenvalue weighted by Gasteiger charge is -2.18. The number of ether oxygens (including phenoxy) is 1. The smallest absolute Gasteiger partial charge is 0.329 e. The summed E-state index contributed by atoms with van der Waals surface area (Å²) in [5.41, 5.74) is 0.681. The van der Waals surface area contributed by atoms with Crippen LogP contribution in [0.25, 0.3) is 0 Å². The molecule has 140 valence electrons. The number of benzene rings is 1. The lowest BCUT2D eigenvalue weighted by atomic mass is 9.96. The van der Waals surface area contributed by atoms with Crippen molar-refractivity contribution < 1.29 is 27.4 Å². The van der Waals surface area contributed by atoms with Crippen LogP contribution in [-0.2, 0) is 26.6 Å². The number of halogens is 1. The zero-order chi connectivity index (χ0) is 18.9. The first-order valence-electron chi connectivity index (χ1n) is 7.84. The number of hydrogen-bond acceptors (Lipinski definition) is 5. The zero-order valence-corrected chi connectivity index (χ0v) is 14.8. The SMILES string of the molecule is Cn1cnc(S(=O)(=O)N2CC(OCC(=O)O)C(c3ccc(F)cc3)C2)c1. The molecule has 0 spiro atoms. The highest BCUT2D eigenvalue weighted by Crippen LogP contribution is 2.33. The maximum Gasteiger partial charge on any atom is 0.329 e. The van der Waals surface area contributed by atoms with Gasteiger partial charge in [-0.15, -0.1) is 0 Å². The highest BCUT2D eigenvalue weighted by molar-refractivity contribution is 7.89. The number of aryl methyl sites for hydroxylation is 1. The van der Waals surface area contributed by atoms with Crippen molar-refractivity contribution in [2.75, 3.05) is 19.7 Å². The normalized spacial score (nSPS) is 21.2. The van der Waals surface area contributed by atoms with E-state index in [-0.39, 0.29) is 18.1 Å². The number of carboxylic acid groups (broad SMARTS) is 1. The van der Waals surface area contributed by atoms with Crippen molar-refractivity contribution in [3.8, 4) is 0 Å². The second kappa shape index (κ2) is 7.14. The van der Waals surface area contributed by atoms with Gasteiger partial charge in [0.15, 0.2) is 5.03 Å². The molecule has 1 aromatic carbocycles. The molecular weight excluding hydrogens is 365 g/mol. The third-order valence-corrected chi connectivity index (χ3v) is 5.95. The van der Waals surface area contributed by atoms with Gasteiger partial charge in [0.1, 0.15) is 12.4 Å². The molecular formula is C16H18FN3O5S. The Balaban J connectivity index is 1.87. The summed E-state index contributed by atoms with van der Waals surface area (Å²) in [6.07, 6.45) is 2.13. The topological polar surface area (TPSA) is 102 Å². The first-order chi connectivity index (χ1) is 12.3. The van der Waals surface area contributed by atoms with Gasteiger partial charge in [0, 0.05) is 32.3 Å². The van der Waals surface area contributed by atoms with Crippen molar-refractivity contribution in [1.29, 1.82) is 0 Å². The Bertz CT molecular complexity index is 897. The molecule has 0 radical (unpaired) electrons. The Morgan fingerprint density at radius 1 is 1.35 bits per heavy atom. The summed E-state index contributed by atoms with van der Waals surface area (Å²) in [7, 11) is -2.18. The van der Waals surface area contributed by atoms with Crippen molar-refractivity contribution in [2.45, 2.75) is 17.0 Å². The molecule has 10 heteroatoms. The lowest BCUT2D eigenvalue weighted by Crippen LogP contribution is -2.31. The van der Waals surface area contributed by atoms with Crippen LogP contribution in [-0.4, -0.2) is 59.2 Å². The molecule has 1 aliphatic rings. The van der Waals surface area contributed by atoms with Gasteiger partial charge in [0.2, 0.25) is 0 Å². The summed E-state index contributed by atoms with van der Waals surface area (Å²) in [5.74, 6) is -1.96. The number of carbonyl (C=O) groups is 1. The van der Waals surface area contributed by atoms with Gasteiger partial charge in [0.25, 0.3) is 10.0 Å². The van der Waals surface area contributed by atoms with Crippen LogP contribution in [0.15, 0.2) is 41.8 Å². The standard InChI is InChI=1S/C16H18FN3O5S/c1-19-8-15(18-10-19)26(23,24)20-6-13(11-2-4-12(17)5-3-11)14(7-20)25-9-16(21)22/h2-5,8,10,13-14H,6-7,9H2,1H3,(H,21,22). The molecule has 0 amide bonds. The quantitative estimate of drug-likeness (QED) is 0.792. The largest absolute Gasteiger partial charge is 0.480 e. The van der Waals surface area contributed by atoms with Gasteiger partial charge >= 0.3 is 5.97 Å². The molecule has 1 saturated heterocycles. The van der Waals surface area contributed by atoms with Gasteiger partial charge in [-0.25, -0.2) is 22.6 Å². The van der Waals surface area contributed by atoms with Crippen molar-refractivity contribution in [3.63, 3.8) is 0 Å². The molecule has 2 unspecified atom stereocenters. The van der Waals surface area contributed by atoms with Crippen molar-refractivity contribution >= 4 is 16.0 Å². The van der Waals surface area contributed by atoms with E-state index in [9.17, 15) is 17.6 Å². The average Bonchev–Trinajstić information content (AvgIpc) is 3.21. The molecule has 8 nitrogen and oxygen atoms in total. The Labute approximate surface area is 149 Å². The molecule has 2 aromatic rings. The molecule has 1 N–H and O–H groups in total. The lowest BCUT2D eigenvalue weighted by molar-refractivity contribution is -0.144. The number of imidazole rings is 1. The number of rotatable bonds is 6. The van der Waals surface area contributed by atoms with Crippen LogP contribution in [0.2, 0.25) is 0 Å². The highest BCUT2D eigenvalue weighted by Gasteiger charge is 2.41. The van der Waals surface area contributed by atoms with Gasteiger partial charge in [0.05, 0.1) is 12.4 Å². The first kappa shape index (κ1) is 18.5. The molecule has 0 aliphatic carbocycles. The van der Waals surface area contributed by atoms with Crippen LogP contribution in [0.1, 0.15) is 11.5 Å². The van der Waals surface area contributed by atoms with Crippen LogP contribution >= 0.6 is 0 Å². The summed E-state index contributed by atoms with van der Waals surface area (Å²) in [6, 6.07) is 5.65. The van der Waals surface area contributed by atoms with Crippen LogP contribution in [0.5, 0.6) is 0 Å². The molecule has 0 saturated carbocycles. The fraction of sp³-hybridized carbons (Fsp3) is 0.375.